The number of aliphatic hydroxyl groups is 1. The van der Waals surface area contributed by atoms with Gasteiger partial charge < -0.3 is 10.0 Å². The molecule has 0 radical (unpaired) electrons. The topological polar surface area (TPSA) is 40.5 Å². The zero-order valence-corrected chi connectivity index (χ0v) is 11.4. The molecule has 0 aliphatic heterocycles. The first-order chi connectivity index (χ1) is 8.48. The minimum absolute atomic E-state index is 0.0247. The third-order valence-electron chi connectivity index (χ3n) is 3.95. The minimum Gasteiger partial charge on any atom is -0.395 e. The van der Waals surface area contributed by atoms with Crippen LogP contribution in [0.15, 0.2) is 18.2 Å². The summed E-state index contributed by atoms with van der Waals surface area (Å²) in [5.41, 5.74) is 3.19. The summed E-state index contributed by atoms with van der Waals surface area (Å²) in [4.78, 5) is 13.9. The van der Waals surface area contributed by atoms with E-state index < -0.39 is 5.41 Å². The lowest BCUT2D eigenvalue weighted by molar-refractivity contribution is -0.137. The van der Waals surface area contributed by atoms with E-state index >= 15 is 0 Å². The molecule has 0 saturated heterocycles. The van der Waals surface area contributed by atoms with E-state index in [1.807, 2.05) is 7.05 Å². The third-order valence-corrected chi connectivity index (χ3v) is 3.95. The van der Waals surface area contributed by atoms with Crippen LogP contribution in [0, 0.1) is 19.3 Å². The number of carbonyl (C=O) groups excluding carboxylic acids is 1. The van der Waals surface area contributed by atoms with Crippen LogP contribution in [-0.2, 0) is 11.3 Å². The van der Waals surface area contributed by atoms with Gasteiger partial charge in [-0.15, -0.1) is 0 Å². The molecule has 1 aromatic rings. The average Bonchev–Trinajstić information content (AvgIpc) is 3.14. The maximum atomic E-state index is 12.2. The summed E-state index contributed by atoms with van der Waals surface area (Å²) in [6, 6.07) is 6.27. The number of amides is 1. The van der Waals surface area contributed by atoms with Gasteiger partial charge in [-0.3, -0.25) is 4.79 Å². The van der Waals surface area contributed by atoms with Crippen LogP contribution in [0.5, 0.6) is 0 Å². The molecule has 1 amide bonds. The fraction of sp³-hybridized carbons (Fsp3) is 0.533. The van der Waals surface area contributed by atoms with Gasteiger partial charge >= 0.3 is 0 Å². The predicted molar refractivity (Wildman–Crippen MR) is 71.1 cm³/mol. The van der Waals surface area contributed by atoms with E-state index in [2.05, 4.69) is 32.0 Å². The highest BCUT2D eigenvalue weighted by Gasteiger charge is 2.50. The lowest BCUT2D eigenvalue weighted by atomic mass is 10.0. The van der Waals surface area contributed by atoms with Crippen molar-refractivity contribution in [1.29, 1.82) is 0 Å². The van der Waals surface area contributed by atoms with Crippen molar-refractivity contribution in [2.45, 2.75) is 33.2 Å². The van der Waals surface area contributed by atoms with Gasteiger partial charge in [0.15, 0.2) is 0 Å². The number of carbonyl (C=O) groups is 1. The lowest BCUT2D eigenvalue weighted by Gasteiger charge is -2.22. The number of nitrogens with zero attached hydrogens (tertiary/aromatic N) is 1. The van der Waals surface area contributed by atoms with Crippen molar-refractivity contribution in [2.24, 2.45) is 5.41 Å². The average molecular weight is 247 g/mol. The van der Waals surface area contributed by atoms with Gasteiger partial charge in [-0.1, -0.05) is 18.2 Å². The first kappa shape index (κ1) is 13.1. The van der Waals surface area contributed by atoms with E-state index in [-0.39, 0.29) is 12.5 Å². The van der Waals surface area contributed by atoms with Gasteiger partial charge in [0.2, 0.25) is 5.91 Å². The number of hydrogen-bond acceptors (Lipinski definition) is 2. The summed E-state index contributed by atoms with van der Waals surface area (Å²) in [7, 11) is 1.81. The van der Waals surface area contributed by atoms with Crippen LogP contribution >= 0.6 is 0 Å². The van der Waals surface area contributed by atoms with Crippen molar-refractivity contribution >= 4 is 5.91 Å². The normalized spacial score (nSPS) is 16.4. The molecule has 2 rings (SSSR count). The molecule has 98 valence electrons. The van der Waals surface area contributed by atoms with Crippen LogP contribution in [0.25, 0.3) is 0 Å². The molecule has 0 heterocycles. The van der Waals surface area contributed by atoms with Crippen LogP contribution < -0.4 is 0 Å². The second-order valence-corrected chi connectivity index (χ2v) is 5.52. The Morgan fingerprint density at radius 1 is 1.33 bits per heavy atom. The Labute approximate surface area is 108 Å². The standard InChI is InChI=1S/C15H21NO2/c1-11-4-5-13(8-12(11)2)9-16(3)14(18)15(10-17)6-7-15/h4-5,8,17H,6-7,9-10H2,1-3H3. The molecule has 1 aliphatic rings. The maximum absolute atomic E-state index is 12.2. The van der Waals surface area contributed by atoms with Crippen LogP contribution in [0.3, 0.4) is 0 Å². The van der Waals surface area contributed by atoms with E-state index in [0.717, 1.165) is 18.4 Å². The molecule has 1 N–H and O–H groups in total. The number of aryl methyl sites for hydroxylation is 2. The van der Waals surface area contributed by atoms with Crippen molar-refractivity contribution in [3.05, 3.63) is 34.9 Å². The molecule has 0 spiro atoms. The molecule has 1 aliphatic carbocycles. The van der Waals surface area contributed by atoms with E-state index in [1.165, 1.54) is 11.1 Å². The second-order valence-electron chi connectivity index (χ2n) is 5.52. The smallest absolute Gasteiger partial charge is 0.231 e. The zero-order chi connectivity index (χ0) is 13.3. The number of aliphatic hydroxyl groups excluding tert-OH is 1. The van der Waals surface area contributed by atoms with Crippen molar-refractivity contribution in [1.82, 2.24) is 4.90 Å². The van der Waals surface area contributed by atoms with Crippen LogP contribution in [0.1, 0.15) is 29.5 Å². The van der Waals surface area contributed by atoms with Gasteiger partial charge in [0.05, 0.1) is 12.0 Å². The lowest BCUT2D eigenvalue weighted by Crippen LogP contribution is -2.35. The predicted octanol–water partition coefficient (Wildman–Crippen LogP) is 2.03. The summed E-state index contributed by atoms with van der Waals surface area (Å²) >= 11 is 0. The molecule has 0 atom stereocenters. The largest absolute Gasteiger partial charge is 0.395 e. The summed E-state index contributed by atoms with van der Waals surface area (Å²) in [6.45, 7) is 4.75. The van der Waals surface area contributed by atoms with Crippen molar-refractivity contribution in [2.75, 3.05) is 13.7 Å². The highest BCUT2D eigenvalue weighted by atomic mass is 16.3. The molecular formula is C15H21NO2. The first-order valence-corrected chi connectivity index (χ1v) is 6.41. The molecule has 1 aromatic carbocycles. The van der Waals surface area contributed by atoms with E-state index in [1.54, 1.807) is 4.90 Å². The third kappa shape index (κ3) is 2.41. The summed E-state index contributed by atoms with van der Waals surface area (Å²) < 4.78 is 0. The van der Waals surface area contributed by atoms with Crippen molar-refractivity contribution < 1.29 is 9.90 Å². The van der Waals surface area contributed by atoms with Gasteiger partial charge in [0.1, 0.15) is 0 Å². The Morgan fingerprint density at radius 2 is 2.00 bits per heavy atom. The molecule has 0 aromatic heterocycles. The number of rotatable bonds is 4. The number of hydrogen-bond donors (Lipinski definition) is 1. The Hall–Kier alpha value is -1.35. The Morgan fingerprint density at radius 3 is 2.50 bits per heavy atom. The molecule has 1 fully saturated rings. The van der Waals surface area contributed by atoms with E-state index in [0.29, 0.717) is 6.54 Å². The Bertz CT molecular complexity index is 464. The first-order valence-electron chi connectivity index (χ1n) is 6.41. The maximum Gasteiger partial charge on any atom is 0.231 e. The fourth-order valence-corrected chi connectivity index (χ4v) is 2.24. The Kier molecular flexibility index (Phi) is 3.44. The monoisotopic (exact) mass is 247 g/mol. The van der Waals surface area contributed by atoms with E-state index in [4.69, 9.17) is 0 Å². The van der Waals surface area contributed by atoms with Crippen LogP contribution in [0.4, 0.5) is 0 Å². The van der Waals surface area contributed by atoms with Crippen molar-refractivity contribution in [3.8, 4) is 0 Å². The number of benzene rings is 1. The fourth-order valence-electron chi connectivity index (χ4n) is 2.24. The molecular weight excluding hydrogens is 226 g/mol. The Balaban J connectivity index is 2.05. The van der Waals surface area contributed by atoms with Gasteiger partial charge in [-0.25, -0.2) is 0 Å². The van der Waals surface area contributed by atoms with Crippen molar-refractivity contribution in [3.63, 3.8) is 0 Å². The quantitative estimate of drug-likeness (QED) is 0.884. The van der Waals surface area contributed by atoms with Gasteiger partial charge in [0.25, 0.3) is 0 Å². The highest BCUT2D eigenvalue weighted by molar-refractivity contribution is 5.85. The molecule has 0 bridgehead atoms. The summed E-state index contributed by atoms with van der Waals surface area (Å²) in [5.74, 6) is 0.0724. The summed E-state index contributed by atoms with van der Waals surface area (Å²) in [5, 5.41) is 9.27. The van der Waals surface area contributed by atoms with Gasteiger partial charge in [-0.05, 0) is 43.4 Å². The zero-order valence-electron chi connectivity index (χ0n) is 11.4. The molecule has 0 unspecified atom stereocenters. The van der Waals surface area contributed by atoms with Gasteiger partial charge in [-0.2, -0.15) is 0 Å². The second kappa shape index (κ2) is 4.73. The minimum atomic E-state index is -0.464. The summed E-state index contributed by atoms with van der Waals surface area (Å²) in [6.07, 6.45) is 1.64. The van der Waals surface area contributed by atoms with Gasteiger partial charge in [0, 0.05) is 13.6 Å². The molecule has 1 saturated carbocycles. The van der Waals surface area contributed by atoms with Crippen LogP contribution in [-0.4, -0.2) is 29.6 Å². The molecule has 18 heavy (non-hydrogen) atoms. The molecule has 3 heteroatoms. The highest BCUT2D eigenvalue weighted by Crippen LogP contribution is 2.46. The molecule has 3 nitrogen and oxygen atoms in total. The SMILES string of the molecule is Cc1ccc(CN(C)C(=O)C2(CO)CC2)cc1C. The van der Waals surface area contributed by atoms with E-state index in [9.17, 15) is 9.90 Å². The van der Waals surface area contributed by atoms with Crippen LogP contribution in [0.2, 0.25) is 0 Å².